The van der Waals surface area contributed by atoms with E-state index in [2.05, 4.69) is 4.98 Å². The zero-order valence-electron chi connectivity index (χ0n) is 12.8. The molecule has 0 saturated carbocycles. The van der Waals surface area contributed by atoms with Gasteiger partial charge in [0.15, 0.2) is 0 Å². The number of rotatable bonds is 3. The maximum Gasteiger partial charge on any atom is 0.267 e. The van der Waals surface area contributed by atoms with Crippen molar-refractivity contribution < 1.29 is 4.74 Å². The minimum Gasteiger partial charge on any atom is -0.383 e. The van der Waals surface area contributed by atoms with Crippen LogP contribution in [0.2, 0.25) is 0 Å². The molecule has 0 aliphatic heterocycles. The zero-order chi connectivity index (χ0) is 16.6. The van der Waals surface area contributed by atoms with Gasteiger partial charge in [-0.1, -0.05) is 6.07 Å². The van der Waals surface area contributed by atoms with Crippen LogP contribution in [0.3, 0.4) is 0 Å². The fourth-order valence-corrected chi connectivity index (χ4v) is 2.53. The van der Waals surface area contributed by atoms with E-state index in [0.29, 0.717) is 29.8 Å². The minimum atomic E-state index is -0.253. The number of hydrogen-bond donors (Lipinski definition) is 1. The highest BCUT2D eigenvalue weighted by Gasteiger charge is 2.13. The first-order valence-corrected chi connectivity index (χ1v) is 7.07. The van der Waals surface area contributed by atoms with Gasteiger partial charge in [0, 0.05) is 19.9 Å². The molecule has 0 saturated heterocycles. The molecule has 1 N–H and O–H groups in total. The summed E-state index contributed by atoms with van der Waals surface area (Å²) in [5.41, 5.74) is 1.74. The van der Waals surface area contributed by atoms with Crippen molar-refractivity contribution in [3.63, 3.8) is 0 Å². The normalized spacial score (nSPS) is 11.0. The Kier molecular flexibility index (Phi) is 3.68. The highest BCUT2D eigenvalue weighted by molar-refractivity contribution is 5.77. The molecule has 0 bridgehead atoms. The van der Waals surface area contributed by atoms with E-state index in [-0.39, 0.29) is 16.6 Å². The SMILES string of the molecule is COCCn1c(=N)c(C#N)cc2c(=O)n3cc(C)ccc3nc21. The van der Waals surface area contributed by atoms with Gasteiger partial charge in [-0.3, -0.25) is 14.6 Å². The quantitative estimate of drug-likeness (QED) is 0.729. The van der Waals surface area contributed by atoms with Crippen molar-refractivity contribution in [3.05, 3.63) is 51.4 Å². The van der Waals surface area contributed by atoms with Crippen LogP contribution < -0.4 is 11.0 Å². The second-order valence-corrected chi connectivity index (χ2v) is 5.25. The summed E-state index contributed by atoms with van der Waals surface area (Å²) in [6.07, 6.45) is 1.71. The molecule has 23 heavy (non-hydrogen) atoms. The first kappa shape index (κ1) is 14.9. The lowest BCUT2D eigenvalue weighted by Gasteiger charge is -2.12. The van der Waals surface area contributed by atoms with E-state index in [1.165, 1.54) is 10.5 Å². The molecule has 3 heterocycles. The number of fused-ring (bicyclic) bond motifs is 2. The smallest absolute Gasteiger partial charge is 0.267 e. The molecule has 7 nitrogen and oxygen atoms in total. The van der Waals surface area contributed by atoms with Crippen LogP contribution in [0.1, 0.15) is 11.1 Å². The van der Waals surface area contributed by atoms with Crippen molar-refractivity contribution >= 4 is 16.7 Å². The van der Waals surface area contributed by atoms with Gasteiger partial charge in [-0.2, -0.15) is 5.26 Å². The van der Waals surface area contributed by atoms with Gasteiger partial charge >= 0.3 is 0 Å². The van der Waals surface area contributed by atoms with E-state index >= 15 is 0 Å². The predicted molar refractivity (Wildman–Crippen MR) is 84.1 cm³/mol. The molecule has 0 unspecified atom stereocenters. The summed E-state index contributed by atoms with van der Waals surface area (Å²) in [6, 6.07) is 7.04. The van der Waals surface area contributed by atoms with Gasteiger partial charge in [-0.15, -0.1) is 0 Å². The number of hydrogen-bond acceptors (Lipinski definition) is 5. The Morgan fingerprint density at radius 3 is 2.91 bits per heavy atom. The van der Waals surface area contributed by atoms with Gasteiger partial charge in [0.25, 0.3) is 5.56 Å². The highest BCUT2D eigenvalue weighted by atomic mass is 16.5. The summed E-state index contributed by atoms with van der Waals surface area (Å²) >= 11 is 0. The number of nitrogens with one attached hydrogen (secondary N) is 1. The summed E-state index contributed by atoms with van der Waals surface area (Å²) in [5.74, 6) is 0. The van der Waals surface area contributed by atoms with Crippen LogP contribution in [0.4, 0.5) is 0 Å². The van der Waals surface area contributed by atoms with Crippen molar-refractivity contribution in [2.75, 3.05) is 13.7 Å². The van der Waals surface area contributed by atoms with E-state index in [0.717, 1.165) is 5.56 Å². The van der Waals surface area contributed by atoms with E-state index in [9.17, 15) is 10.1 Å². The van der Waals surface area contributed by atoms with Crippen LogP contribution in [-0.2, 0) is 11.3 Å². The number of nitrogens with zero attached hydrogens (tertiary/aromatic N) is 4. The number of aromatic nitrogens is 3. The minimum absolute atomic E-state index is 0.0282. The topological polar surface area (TPSA) is 96.2 Å². The summed E-state index contributed by atoms with van der Waals surface area (Å²) in [7, 11) is 1.56. The number of aryl methyl sites for hydroxylation is 1. The molecule has 0 atom stereocenters. The fraction of sp³-hybridized carbons (Fsp3) is 0.250. The largest absolute Gasteiger partial charge is 0.383 e. The molecule has 116 valence electrons. The Morgan fingerprint density at radius 1 is 1.43 bits per heavy atom. The van der Waals surface area contributed by atoms with Crippen molar-refractivity contribution in [3.8, 4) is 6.07 Å². The van der Waals surface area contributed by atoms with Gasteiger partial charge in [0.05, 0.1) is 17.6 Å². The molecular formula is C16H15N5O2. The number of nitriles is 1. The van der Waals surface area contributed by atoms with Crippen molar-refractivity contribution in [1.29, 1.82) is 10.7 Å². The van der Waals surface area contributed by atoms with Gasteiger partial charge in [0.2, 0.25) is 0 Å². The van der Waals surface area contributed by atoms with E-state index in [1.54, 1.807) is 23.9 Å². The third kappa shape index (κ3) is 2.39. The Morgan fingerprint density at radius 2 is 2.22 bits per heavy atom. The van der Waals surface area contributed by atoms with Crippen molar-refractivity contribution in [1.82, 2.24) is 14.0 Å². The highest BCUT2D eigenvalue weighted by Crippen LogP contribution is 2.10. The Labute approximate surface area is 131 Å². The maximum atomic E-state index is 12.8. The van der Waals surface area contributed by atoms with Gasteiger partial charge in [0.1, 0.15) is 22.9 Å². The molecule has 0 spiro atoms. The third-order valence-corrected chi connectivity index (χ3v) is 3.69. The van der Waals surface area contributed by atoms with Crippen LogP contribution in [0.15, 0.2) is 29.2 Å². The number of ether oxygens (including phenoxy) is 1. The lowest BCUT2D eigenvalue weighted by Crippen LogP contribution is -2.28. The number of methoxy groups -OCH3 is 1. The average Bonchev–Trinajstić information content (AvgIpc) is 2.55. The molecule has 7 heteroatoms. The molecule has 0 aliphatic rings. The van der Waals surface area contributed by atoms with Gasteiger partial charge < -0.3 is 9.30 Å². The van der Waals surface area contributed by atoms with Gasteiger partial charge in [-0.05, 0) is 24.6 Å². The van der Waals surface area contributed by atoms with Crippen LogP contribution in [0.5, 0.6) is 0 Å². The fourth-order valence-electron chi connectivity index (χ4n) is 2.53. The molecular weight excluding hydrogens is 294 g/mol. The van der Waals surface area contributed by atoms with Crippen molar-refractivity contribution in [2.24, 2.45) is 0 Å². The molecule has 0 radical (unpaired) electrons. The Hall–Kier alpha value is -2.98. The van der Waals surface area contributed by atoms with Crippen LogP contribution >= 0.6 is 0 Å². The van der Waals surface area contributed by atoms with E-state index in [1.807, 2.05) is 19.1 Å². The maximum absolute atomic E-state index is 12.8. The standard InChI is InChI=1S/C16H15N5O2/c1-10-3-4-13-19-15-12(16(22)21(13)9-10)7-11(8-17)14(18)20(15)5-6-23-2/h3-4,7,9,18H,5-6H2,1-2H3. The van der Waals surface area contributed by atoms with Crippen molar-refractivity contribution in [2.45, 2.75) is 13.5 Å². The lowest BCUT2D eigenvalue weighted by atomic mass is 10.2. The Bertz CT molecular complexity index is 1070. The predicted octanol–water partition coefficient (Wildman–Crippen LogP) is 0.955. The zero-order valence-corrected chi connectivity index (χ0v) is 12.8. The molecule has 3 aromatic heterocycles. The lowest BCUT2D eigenvalue weighted by molar-refractivity contribution is 0.187. The molecule has 3 rings (SSSR count). The first-order chi connectivity index (χ1) is 11.1. The van der Waals surface area contributed by atoms with Crippen LogP contribution in [0, 0.1) is 23.7 Å². The van der Waals surface area contributed by atoms with E-state index < -0.39 is 0 Å². The van der Waals surface area contributed by atoms with Gasteiger partial charge in [-0.25, -0.2) is 4.98 Å². The first-order valence-electron chi connectivity index (χ1n) is 7.07. The summed E-state index contributed by atoms with van der Waals surface area (Å²) < 4.78 is 8.06. The summed E-state index contributed by atoms with van der Waals surface area (Å²) in [6.45, 7) is 2.59. The summed E-state index contributed by atoms with van der Waals surface area (Å²) in [4.78, 5) is 17.3. The second-order valence-electron chi connectivity index (χ2n) is 5.25. The molecule has 0 aliphatic carbocycles. The monoisotopic (exact) mass is 309 g/mol. The Balaban J connectivity index is 2.49. The average molecular weight is 309 g/mol. The van der Waals surface area contributed by atoms with Crippen LogP contribution in [0.25, 0.3) is 16.7 Å². The van der Waals surface area contributed by atoms with E-state index in [4.69, 9.17) is 10.1 Å². The third-order valence-electron chi connectivity index (χ3n) is 3.69. The molecule has 3 aromatic rings. The summed E-state index contributed by atoms with van der Waals surface area (Å²) in [5, 5.41) is 17.7. The number of pyridine rings is 2. The molecule has 0 aromatic carbocycles. The molecule has 0 amide bonds. The molecule has 0 fully saturated rings. The second kappa shape index (κ2) is 5.66. The van der Waals surface area contributed by atoms with Crippen LogP contribution in [-0.4, -0.2) is 27.7 Å².